The Balaban J connectivity index is 1.57. The molecule has 3 heterocycles. The lowest BCUT2D eigenvalue weighted by Gasteiger charge is -2.44. The van der Waals surface area contributed by atoms with Gasteiger partial charge in [-0.15, -0.1) is 11.8 Å². The lowest BCUT2D eigenvalue weighted by Crippen LogP contribution is -2.71. The van der Waals surface area contributed by atoms with Crippen molar-refractivity contribution in [3.8, 4) is 5.75 Å². The number of hydrogen-bond donors (Lipinski definition) is 5. The Hall–Kier alpha value is -4.06. The third-order valence-corrected chi connectivity index (χ3v) is 7.83. The van der Waals surface area contributed by atoms with E-state index in [9.17, 15) is 34.2 Å². The van der Waals surface area contributed by atoms with Crippen LogP contribution in [-0.2, 0) is 14.4 Å². The van der Waals surface area contributed by atoms with Crippen LogP contribution in [0, 0.1) is 0 Å². The second-order valence-electron chi connectivity index (χ2n) is 9.24. The van der Waals surface area contributed by atoms with Gasteiger partial charge in [-0.05, 0) is 56.7 Å². The highest BCUT2D eigenvalue weighted by Crippen LogP contribution is 2.50. The van der Waals surface area contributed by atoms with E-state index in [0.29, 0.717) is 11.3 Å². The van der Waals surface area contributed by atoms with Gasteiger partial charge in [-0.2, -0.15) is 0 Å². The molecular weight excluding hydrogens is 500 g/mol. The number of β-lactam (4-membered cyclic amide) rings is 1. The molecule has 11 nitrogen and oxygen atoms in total. The number of nitrogens with one attached hydrogen (secondary N) is 3. The third kappa shape index (κ3) is 4.84. The van der Waals surface area contributed by atoms with Gasteiger partial charge in [-0.3, -0.25) is 19.2 Å². The summed E-state index contributed by atoms with van der Waals surface area (Å²) >= 11 is 1.27. The predicted molar refractivity (Wildman–Crippen MR) is 136 cm³/mol. The highest BCUT2D eigenvalue weighted by atomic mass is 32.2. The average Bonchev–Trinajstić information content (AvgIpc) is 3.09. The zero-order valence-corrected chi connectivity index (χ0v) is 21.0. The minimum atomic E-state index is -1.31. The van der Waals surface area contributed by atoms with Crippen molar-refractivity contribution in [2.24, 2.45) is 0 Å². The molecule has 2 fully saturated rings. The van der Waals surface area contributed by atoms with Gasteiger partial charge < -0.3 is 30.7 Å². The molecule has 5 N–H and O–H groups in total. The molecule has 2 aliphatic heterocycles. The summed E-state index contributed by atoms with van der Waals surface area (Å²) < 4.78 is -0.767. The smallest absolute Gasteiger partial charge is 0.327 e. The first-order valence-corrected chi connectivity index (χ1v) is 12.3. The molecule has 37 heavy (non-hydrogen) atoms. The second kappa shape index (κ2) is 9.77. The average molecular weight is 527 g/mol. The number of aliphatic carboxylic acids is 1. The van der Waals surface area contributed by atoms with Crippen LogP contribution in [0.2, 0.25) is 0 Å². The van der Waals surface area contributed by atoms with Crippen LogP contribution >= 0.6 is 11.8 Å². The van der Waals surface area contributed by atoms with Gasteiger partial charge in [0.25, 0.3) is 11.5 Å². The number of allylic oxidation sites excluding steroid dienone is 1. The molecule has 3 amide bonds. The fraction of sp³-hybridized carbons (Fsp3) is 0.320. The van der Waals surface area contributed by atoms with E-state index < -0.39 is 57.5 Å². The molecule has 1 unspecified atom stereocenters. The number of thioether (sulfide) groups is 1. The Kier molecular flexibility index (Phi) is 6.87. The number of amides is 3. The first kappa shape index (κ1) is 26.0. The van der Waals surface area contributed by atoms with Crippen molar-refractivity contribution in [1.29, 1.82) is 0 Å². The minimum Gasteiger partial charge on any atom is -0.508 e. The number of carboxylic acid groups (broad SMARTS) is 1. The van der Waals surface area contributed by atoms with Gasteiger partial charge in [0, 0.05) is 10.4 Å². The summed E-state index contributed by atoms with van der Waals surface area (Å²) in [5.74, 6) is -3.26. The number of aromatic amines is 1. The fourth-order valence-electron chi connectivity index (χ4n) is 4.50. The van der Waals surface area contributed by atoms with E-state index in [0.717, 1.165) is 0 Å². The van der Waals surface area contributed by atoms with Crippen LogP contribution in [0.4, 0.5) is 0 Å². The largest absolute Gasteiger partial charge is 0.508 e. The summed E-state index contributed by atoms with van der Waals surface area (Å²) in [4.78, 5) is 67.2. The number of carbonyl (C=O) groups is 4. The van der Waals surface area contributed by atoms with Gasteiger partial charge in [0.15, 0.2) is 0 Å². The van der Waals surface area contributed by atoms with E-state index in [4.69, 9.17) is 0 Å². The number of rotatable bonds is 7. The predicted octanol–water partition coefficient (Wildman–Crippen LogP) is 1.22. The summed E-state index contributed by atoms with van der Waals surface area (Å²) in [5, 5.41) is 23.8. The lowest BCUT2D eigenvalue weighted by atomic mass is 9.95. The summed E-state index contributed by atoms with van der Waals surface area (Å²) in [7, 11) is 0. The van der Waals surface area contributed by atoms with Crippen LogP contribution in [0.15, 0.2) is 47.3 Å². The number of phenolic OH excluding ortho intramolecular Hbond substituents is 1. The number of nitrogens with zero attached hydrogens (tertiary/aromatic N) is 1. The quantitative estimate of drug-likeness (QED) is 0.336. The molecule has 0 aliphatic carbocycles. The molecule has 0 saturated carbocycles. The molecule has 2 aromatic rings. The number of benzene rings is 1. The van der Waals surface area contributed by atoms with Crippen molar-refractivity contribution in [2.75, 3.05) is 0 Å². The molecular formula is C25H26N4O7S. The maximum absolute atomic E-state index is 13.4. The summed E-state index contributed by atoms with van der Waals surface area (Å²) in [6, 6.07) is 5.10. The number of hydrogen-bond acceptors (Lipinski definition) is 7. The molecule has 4 atom stereocenters. The fourth-order valence-corrected chi connectivity index (χ4v) is 6.13. The number of H-pyrrole nitrogens is 1. The Bertz CT molecular complexity index is 1350. The van der Waals surface area contributed by atoms with Crippen molar-refractivity contribution in [1.82, 2.24) is 20.5 Å². The number of aromatic hydroxyl groups is 1. The molecule has 1 aromatic heterocycles. The van der Waals surface area contributed by atoms with Gasteiger partial charge in [-0.25, -0.2) is 4.79 Å². The number of carbonyl (C=O) groups excluding carboxylic acids is 3. The Morgan fingerprint density at radius 2 is 1.81 bits per heavy atom. The number of pyridine rings is 1. The first-order chi connectivity index (χ1) is 17.4. The van der Waals surface area contributed by atoms with E-state index in [1.165, 1.54) is 47.0 Å². The molecule has 0 bridgehead atoms. The van der Waals surface area contributed by atoms with Crippen LogP contribution in [0.1, 0.15) is 48.4 Å². The van der Waals surface area contributed by atoms with Gasteiger partial charge >= 0.3 is 5.97 Å². The number of aromatic nitrogens is 1. The molecule has 12 heteroatoms. The maximum Gasteiger partial charge on any atom is 0.327 e. The van der Waals surface area contributed by atoms with Crippen molar-refractivity contribution < 1.29 is 29.4 Å². The minimum absolute atomic E-state index is 0.0561. The normalized spacial score (nSPS) is 22.7. The zero-order chi connectivity index (χ0) is 27.1. The highest BCUT2D eigenvalue weighted by molar-refractivity contribution is 8.01. The summed E-state index contributed by atoms with van der Waals surface area (Å²) in [6.07, 6.45) is 3.38. The van der Waals surface area contributed by atoms with E-state index in [-0.39, 0.29) is 11.3 Å². The summed E-state index contributed by atoms with van der Waals surface area (Å²) in [6.45, 7) is 5.22. The molecule has 1 aromatic carbocycles. The number of carboxylic acids is 1. The monoisotopic (exact) mass is 526 g/mol. The SMILES string of the molecule is C/C=C/c1ccc(C(=O)NC(C(=O)N[C@H]2C(=O)N3[C@@H](C(=O)O)C(C)(C)S[C@@H]23)c2ccc(O)cc2)c(=O)[nH]1. The second-order valence-corrected chi connectivity index (χ2v) is 11.0. The number of phenols is 1. The van der Waals surface area contributed by atoms with E-state index in [1.54, 1.807) is 39.0 Å². The lowest BCUT2D eigenvalue weighted by molar-refractivity contribution is -0.161. The van der Waals surface area contributed by atoms with Gasteiger partial charge in [0.05, 0.1) is 0 Å². The van der Waals surface area contributed by atoms with Crippen LogP contribution in [-0.4, -0.2) is 66.0 Å². The van der Waals surface area contributed by atoms with Gasteiger partial charge in [0.1, 0.15) is 34.8 Å². The highest BCUT2D eigenvalue weighted by Gasteiger charge is 2.64. The first-order valence-electron chi connectivity index (χ1n) is 11.4. The van der Waals surface area contributed by atoms with E-state index in [1.807, 2.05) is 0 Å². The third-order valence-electron chi connectivity index (χ3n) is 6.26. The van der Waals surface area contributed by atoms with Crippen molar-refractivity contribution in [3.05, 3.63) is 69.6 Å². The molecule has 194 valence electrons. The van der Waals surface area contributed by atoms with E-state index >= 15 is 0 Å². The summed E-state index contributed by atoms with van der Waals surface area (Å²) in [5.41, 5.74) is -0.0566. The van der Waals surface area contributed by atoms with Gasteiger partial charge in [-0.1, -0.05) is 18.2 Å². The van der Waals surface area contributed by atoms with Crippen molar-refractivity contribution in [3.63, 3.8) is 0 Å². The van der Waals surface area contributed by atoms with Crippen LogP contribution in [0.5, 0.6) is 5.75 Å². The van der Waals surface area contributed by atoms with Crippen LogP contribution in [0.25, 0.3) is 6.08 Å². The Morgan fingerprint density at radius 1 is 1.14 bits per heavy atom. The van der Waals surface area contributed by atoms with Crippen molar-refractivity contribution in [2.45, 2.75) is 49.0 Å². The van der Waals surface area contributed by atoms with E-state index in [2.05, 4.69) is 15.6 Å². The maximum atomic E-state index is 13.4. The topological polar surface area (TPSA) is 169 Å². The number of fused-ring (bicyclic) bond motifs is 1. The molecule has 2 aliphatic rings. The van der Waals surface area contributed by atoms with Crippen molar-refractivity contribution >= 4 is 41.5 Å². The molecule has 0 spiro atoms. The Morgan fingerprint density at radius 3 is 2.41 bits per heavy atom. The molecule has 2 saturated heterocycles. The Labute approximate surface area is 215 Å². The molecule has 0 radical (unpaired) electrons. The van der Waals surface area contributed by atoms with Gasteiger partial charge in [0.2, 0.25) is 11.8 Å². The molecule has 4 rings (SSSR count). The van der Waals surface area contributed by atoms with Crippen LogP contribution < -0.4 is 16.2 Å². The standard InChI is InChI=1S/C25H26N4O7S/c1-4-5-13-8-11-15(19(31)26-13)20(32)27-16(12-6-9-14(30)10-7-12)21(33)28-17-22(34)29-18(24(35)36)25(2,3)37-23(17)29/h4-11,16-18,23,30H,1-3H3,(H,26,31)(H,27,32)(H,28,33)(H,35,36)/b5-4+/t16?,17-,18-,23-/m0/s1. The zero-order valence-electron chi connectivity index (χ0n) is 20.2. The van der Waals surface area contributed by atoms with Crippen LogP contribution in [0.3, 0.4) is 0 Å².